The van der Waals surface area contributed by atoms with E-state index in [1.165, 1.54) is 0 Å². The number of hydrogen-bond donors (Lipinski definition) is 2. The highest BCUT2D eigenvalue weighted by atomic mass is 16.5. The van der Waals surface area contributed by atoms with Gasteiger partial charge >= 0.3 is 0 Å². The van der Waals surface area contributed by atoms with E-state index in [1.807, 2.05) is 62.4 Å². The highest BCUT2D eigenvalue weighted by molar-refractivity contribution is 6.03. The van der Waals surface area contributed by atoms with Crippen LogP contribution in [0.25, 0.3) is 0 Å². The molecule has 1 amide bonds. The monoisotopic (exact) mass is 376 g/mol. The minimum Gasteiger partial charge on any atom is -0.455 e. The first-order chi connectivity index (χ1) is 13.5. The van der Waals surface area contributed by atoms with Crippen molar-refractivity contribution in [3.8, 4) is 11.5 Å². The first kappa shape index (κ1) is 19.4. The van der Waals surface area contributed by atoms with Crippen LogP contribution in [0.15, 0.2) is 60.7 Å². The van der Waals surface area contributed by atoms with E-state index in [0.29, 0.717) is 28.8 Å². The topological polar surface area (TPSA) is 76.1 Å². The summed E-state index contributed by atoms with van der Waals surface area (Å²) in [7, 11) is 0. The number of amides is 1. The molecule has 0 spiro atoms. The number of benzene rings is 2. The molecular weight excluding hydrogens is 352 g/mol. The van der Waals surface area contributed by atoms with Gasteiger partial charge in [0.1, 0.15) is 11.4 Å². The number of nitrogens with one attached hydrogen (secondary N) is 2. The molecule has 6 heteroatoms. The van der Waals surface area contributed by atoms with Gasteiger partial charge in [-0.05, 0) is 50.6 Å². The maximum Gasteiger partial charge on any atom is 0.274 e. The Balaban J connectivity index is 1.80. The normalized spacial score (nSPS) is 11.5. The zero-order valence-electron chi connectivity index (χ0n) is 16.3. The van der Waals surface area contributed by atoms with Crippen molar-refractivity contribution in [2.24, 2.45) is 0 Å². The van der Waals surface area contributed by atoms with Crippen LogP contribution in [0.2, 0.25) is 0 Å². The standard InChI is InChI=1S/C22H24N4O2/c1-4-15(2)23-22-24-16(3)14-19(26-22)21(27)25-18-12-8-9-13-20(18)28-17-10-6-5-7-11-17/h5-15H,4H2,1-3H3,(H,25,27)(H,23,24,26). The van der Waals surface area contributed by atoms with Gasteiger partial charge in [-0.3, -0.25) is 4.79 Å². The molecule has 0 bridgehead atoms. The molecule has 1 atom stereocenters. The fourth-order valence-electron chi connectivity index (χ4n) is 2.53. The van der Waals surface area contributed by atoms with Crippen molar-refractivity contribution in [2.75, 3.05) is 10.6 Å². The van der Waals surface area contributed by atoms with Gasteiger partial charge in [0.25, 0.3) is 5.91 Å². The molecule has 0 fully saturated rings. The summed E-state index contributed by atoms with van der Waals surface area (Å²) in [5.74, 6) is 1.39. The molecular formula is C22H24N4O2. The number of carbonyl (C=O) groups excluding carboxylic acids is 1. The summed E-state index contributed by atoms with van der Waals surface area (Å²) in [6, 6.07) is 18.6. The molecule has 0 saturated heterocycles. The molecule has 144 valence electrons. The number of ether oxygens (including phenoxy) is 1. The van der Waals surface area contributed by atoms with Gasteiger partial charge < -0.3 is 15.4 Å². The summed E-state index contributed by atoms with van der Waals surface area (Å²) in [5, 5.41) is 6.10. The van der Waals surface area contributed by atoms with E-state index in [9.17, 15) is 4.79 Å². The molecule has 3 rings (SSSR count). The third-order valence-electron chi connectivity index (χ3n) is 4.18. The third-order valence-corrected chi connectivity index (χ3v) is 4.18. The van der Waals surface area contributed by atoms with E-state index in [0.717, 1.165) is 12.1 Å². The van der Waals surface area contributed by atoms with Gasteiger partial charge in [-0.25, -0.2) is 9.97 Å². The second kappa shape index (κ2) is 8.99. The fraction of sp³-hybridized carbons (Fsp3) is 0.227. The van der Waals surface area contributed by atoms with Crippen molar-refractivity contribution < 1.29 is 9.53 Å². The van der Waals surface area contributed by atoms with E-state index in [1.54, 1.807) is 12.1 Å². The van der Waals surface area contributed by atoms with Crippen LogP contribution < -0.4 is 15.4 Å². The molecule has 0 radical (unpaired) electrons. The van der Waals surface area contributed by atoms with Crippen molar-refractivity contribution >= 4 is 17.5 Å². The van der Waals surface area contributed by atoms with Crippen LogP contribution in [0.4, 0.5) is 11.6 Å². The molecule has 1 aromatic heterocycles. The number of hydrogen-bond acceptors (Lipinski definition) is 5. The predicted molar refractivity (Wildman–Crippen MR) is 111 cm³/mol. The van der Waals surface area contributed by atoms with Crippen LogP contribution in [-0.2, 0) is 0 Å². The molecule has 0 saturated carbocycles. The third kappa shape index (κ3) is 5.07. The Kier molecular flexibility index (Phi) is 6.22. The van der Waals surface area contributed by atoms with Crippen molar-refractivity contribution in [3.63, 3.8) is 0 Å². The van der Waals surface area contributed by atoms with E-state index >= 15 is 0 Å². The highest BCUT2D eigenvalue weighted by Crippen LogP contribution is 2.29. The molecule has 1 unspecified atom stereocenters. The Morgan fingerprint density at radius 1 is 1.07 bits per heavy atom. The summed E-state index contributed by atoms with van der Waals surface area (Å²) in [5.41, 5.74) is 1.59. The van der Waals surface area contributed by atoms with Crippen molar-refractivity contribution in [1.29, 1.82) is 0 Å². The van der Waals surface area contributed by atoms with Gasteiger partial charge in [0.2, 0.25) is 5.95 Å². The van der Waals surface area contributed by atoms with Crippen LogP contribution in [0.3, 0.4) is 0 Å². The second-order valence-electron chi connectivity index (χ2n) is 6.54. The minimum absolute atomic E-state index is 0.220. The maximum absolute atomic E-state index is 12.8. The average Bonchev–Trinajstić information content (AvgIpc) is 2.69. The predicted octanol–water partition coefficient (Wildman–Crippen LogP) is 5.04. The fourth-order valence-corrected chi connectivity index (χ4v) is 2.53. The zero-order valence-corrected chi connectivity index (χ0v) is 16.3. The zero-order chi connectivity index (χ0) is 19.9. The number of aromatic nitrogens is 2. The molecule has 0 aliphatic carbocycles. The first-order valence-electron chi connectivity index (χ1n) is 9.30. The van der Waals surface area contributed by atoms with Crippen molar-refractivity contribution in [2.45, 2.75) is 33.2 Å². The van der Waals surface area contributed by atoms with Crippen molar-refractivity contribution in [1.82, 2.24) is 9.97 Å². The molecule has 28 heavy (non-hydrogen) atoms. The van der Waals surface area contributed by atoms with Crippen LogP contribution in [-0.4, -0.2) is 21.9 Å². The molecule has 1 heterocycles. The number of anilines is 2. The summed E-state index contributed by atoms with van der Waals surface area (Å²) in [6.45, 7) is 5.96. The van der Waals surface area contributed by atoms with E-state index in [4.69, 9.17) is 4.74 Å². The SMILES string of the molecule is CCC(C)Nc1nc(C)cc(C(=O)Nc2ccccc2Oc2ccccc2)n1. The molecule has 0 aliphatic rings. The number of nitrogens with zero attached hydrogens (tertiary/aromatic N) is 2. The lowest BCUT2D eigenvalue weighted by atomic mass is 10.2. The van der Waals surface area contributed by atoms with E-state index < -0.39 is 0 Å². The van der Waals surface area contributed by atoms with Gasteiger partial charge in [0.15, 0.2) is 5.75 Å². The second-order valence-corrected chi connectivity index (χ2v) is 6.54. The van der Waals surface area contributed by atoms with Crippen LogP contribution in [0, 0.1) is 6.92 Å². The number of rotatable bonds is 7. The average molecular weight is 376 g/mol. The molecule has 3 aromatic rings. The summed E-state index contributed by atoms with van der Waals surface area (Å²) >= 11 is 0. The van der Waals surface area contributed by atoms with Gasteiger partial charge in [-0.15, -0.1) is 0 Å². The van der Waals surface area contributed by atoms with Crippen LogP contribution in [0.1, 0.15) is 36.5 Å². The largest absolute Gasteiger partial charge is 0.455 e. The van der Waals surface area contributed by atoms with E-state index in [2.05, 4.69) is 27.5 Å². The number of para-hydroxylation sites is 3. The van der Waals surface area contributed by atoms with Gasteiger partial charge in [0, 0.05) is 11.7 Å². The lowest BCUT2D eigenvalue weighted by Crippen LogP contribution is -2.19. The molecule has 0 aliphatic heterocycles. The summed E-state index contributed by atoms with van der Waals surface area (Å²) in [4.78, 5) is 21.5. The molecule has 6 nitrogen and oxygen atoms in total. The Hall–Kier alpha value is -3.41. The maximum atomic E-state index is 12.8. The number of carbonyl (C=O) groups is 1. The Morgan fingerprint density at radius 2 is 1.79 bits per heavy atom. The smallest absolute Gasteiger partial charge is 0.274 e. The Labute approximate surface area is 165 Å². The van der Waals surface area contributed by atoms with Gasteiger partial charge in [-0.2, -0.15) is 0 Å². The summed E-state index contributed by atoms with van der Waals surface area (Å²) in [6.07, 6.45) is 0.934. The first-order valence-corrected chi connectivity index (χ1v) is 9.30. The summed E-state index contributed by atoms with van der Waals surface area (Å²) < 4.78 is 5.90. The quantitative estimate of drug-likeness (QED) is 0.604. The highest BCUT2D eigenvalue weighted by Gasteiger charge is 2.14. The lowest BCUT2D eigenvalue weighted by molar-refractivity contribution is 0.102. The van der Waals surface area contributed by atoms with Gasteiger partial charge in [0.05, 0.1) is 5.69 Å². The molecule has 2 N–H and O–H groups in total. The number of aryl methyl sites for hydroxylation is 1. The molecule has 2 aromatic carbocycles. The Bertz CT molecular complexity index is 944. The van der Waals surface area contributed by atoms with Crippen LogP contribution >= 0.6 is 0 Å². The van der Waals surface area contributed by atoms with Crippen LogP contribution in [0.5, 0.6) is 11.5 Å². The minimum atomic E-state index is -0.318. The van der Waals surface area contributed by atoms with Crippen molar-refractivity contribution in [3.05, 3.63) is 72.1 Å². The van der Waals surface area contributed by atoms with E-state index in [-0.39, 0.29) is 11.9 Å². The lowest BCUT2D eigenvalue weighted by Gasteiger charge is -2.14. The van der Waals surface area contributed by atoms with Gasteiger partial charge in [-0.1, -0.05) is 37.3 Å². The Morgan fingerprint density at radius 3 is 2.54 bits per heavy atom.